The van der Waals surface area contributed by atoms with E-state index in [0.717, 1.165) is 12.8 Å². The Labute approximate surface area is 137 Å². The van der Waals surface area contributed by atoms with Crippen LogP contribution in [0.15, 0.2) is 85.0 Å². The minimum atomic E-state index is 0.0227. The Balaban J connectivity index is 1.74. The first-order valence-electron chi connectivity index (χ1n) is 8.28. The molecule has 4 rings (SSSR count). The van der Waals surface area contributed by atoms with E-state index in [2.05, 4.69) is 72.8 Å². The van der Waals surface area contributed by atoms with Crippen LogP contribution in [0, 0.1) is 5.41 Å². The van der Waals surface area contributed by atoms with Crippen LogP contribution in [0.3, 0.4) is 0 Å². The van der Waals surface area contributed by atoms with Crippen LogP contribution in [0.4, 0.5) is 0 Å². The van der Waals surface area contributed by atoms with E-state index in [-0.39, 0.29) is 11.2 Å². The number of carbonyl (C=O) groups excluding carboxylic acids is 1. The average Bonchev–Trinajstić information content (AvgIpc) is 2.99. The van der Waals surface area contributed by atoms with E-state index in [1.807, 2.05) is 0 Å². The van der Waals surface area contributed by atoms with E-state index in [4.69, 9.17) is 0 Å². The summed E-state index contributed by atoms with van der Waals surface area (Å²) in [4.78, 5) is 11.5. The Morgan fingerprint density at radius 3 is 1.57 bits per heavy atom. The summed E-state index contributed by atoms with van der Waals surface area (Å²) < 4.78 is 0. The van der Waals surface area contributed by atoms with Gasteiger partial charge in [0.1, 0.15) is 0 Å². The predicted molar refractivity (Wildman–Crippen MR) is 93.3 cm³/mol. The zero-order valence-electron chi connectivity index (χ0n) is 13.1. The van der Waals surface area contributed by atoms with E-state index >= 15 is 0 Å². The Bertz CT molecular complexity index is 690. The van der Waals surface area contributed by atoms with Crippen molar-refractivity contribution < 1.29 is 4.79 Å². The molecule has 0 heterocycles. The molecule has 0 saturated heterocycles. The van der Waals surface area contributed by atoms with Gasteiger partial charge in [0.2, 0.25) is 0 Å². The fraction of sp³-hybridized carbons (Fsp3) is 0.227. The summed E-state index contributed by atoms with van der Waals surface area (Å²) >= 11 is 0. The molecule has 1 nitrogen and oxygen atoms in total. The van der Waals surface area contributed by atoms with Crippen LogP contribution in [-0.4, -0.2) is 5.78 Å². The highest BCUT2D eigenvalue weighted by molar-refractivity contribution is 6.00. The number of carbonyl (C=O) groups is 1. The molecule has 2 aromatic rings. The molecular formula is C22H20O. The molecule has 0 aromatic heterocycles. The van der Waals surface area contributed by atoms with Crippen molar-refractivity contribution >= 4 is 5.78 Å². The normalized spacial score (nSPS) is 25.1. The van der Waals surface area contributed by atoms with Crippen molar-refractivity contribution in [3.63, 3.8) is 0 Å². The fourth-order valence-electron chi connectivity index (χ4n) is 4.17. The van der Waals surface area contributed by atoms with Crippen molar-refractivity contribution in [2.45, 2.75) is 24.7 Å². The van der Waals surface area contributed by atoms with E-state index in [1.54, 1.807) is 12.2 Å². The third-order valence-electron chi connectivity index (χ3n) is 5.30. The smallest absolute Gasteiger partial charge is 0.178 e. The van der Waals surface area contributed by atoms with Gasteiger partial charge in [-0.25, -0.2) is 0 Å². The van der Waals surface area contributed by atoms with Gasteiger partial charge in [-0.05, 0) is 48.0 Å². The SMILES string of the molecule is O=C1C=CC2(C=C1)CC(c1ccccc1)C(c1ccccc1)C2. The first-order valence-corrected chi connectivity index (χ1v) is 8.28. The molecule has 1 fully saturated rings. The lowest BCUT2D eigenvalue weighted by atomic mass is 9.80. The van der Waals surface area contributed by atoms with Gasteiger partial charge in [0.25, 0.3) is 0 Å². The summed E-state index contributed by atoms with van der Waals surface area (Å²) in [7, 11) is 0. The van der Waals surface area contributed by atoms with Crippen LogP contribution in [0.1, 0.15) is 35.8 Å². The summed E-state index contributed by atoms with van der Waals surface area (Å²) in [5.74, 6) is 1.08. The second-order valence-corrected chi connectivity index (χ2v) is 6.74. The highest BCUT2D eigenvalue weighted by Gasteiger charge is 2.44. The Morgan fingerprint density at radius 2 is 1.13 bits per heavy atom. The quantitative estimate of drug-likeness (QED) is 0.760. The standard InChI is InChI=1S/C22H20O/c23-19-11-13-22(14-12-19)15-20(17-7-3-1-4-8-17)21(16-22)18-9-5-2-6-10-18/h1-14,20-21H,15-16H2. The van der Waals surface area contributed by atoms with Crippen molar-refractivity contribution in [3.05, 3.63) is 96.1 Å². The van der Waals surface area contributed by atoms with Gasteiger partial charge in [-0.3, -0.25) is 4.79 Å². The number of hydrogen-bond donors (Lipinski definition) is 0. The molecule has 2 aliphatic rings. The minimum Gasteiger partial charge on any atom is -0.290 e. The van der Waals surface area contributed by atoms with E-state index < -0.39 is 0 Å². The highest BCUT2D eigenvalue weighted by Crippen LogP contribution is 2.56. The van der Waals surface area contributed by atoms with Crippen molar-refractivity contribution in [3.8, 4) is 0 Å². The molecule has 0 aliphatic heterocycles. The maximum absolute atomic E-state index is 11.5. The number of hydrogen-bond acceptors (Lipinski definition) is 1. The van der Waals surface area contributed by atoms with Gasteiger partial charge in [-0.2, -0.15) is 0 Å². The van der Waals surface area contributed by atoms with Gasteiger partial charge in [-0.15, -0.1) is 0 Å². The van der Waals surface area contributed by atoms with Crippen molar-refractivity contribution in [1.29, 1.82) is 0 Å². The molecule has 2 aromatic carbocycles. The van der Waals surface area contributed by atoms with Gasteiger partial charge >= 0.3 is 0 Å². The third kappa shape index (κ3) is 2.68. The lowest BCUT2D eigenvalue weighted by Crippen LogP contribution is -2.14. The van der Waals surface area contributed by atoms with Crippen molar-refractivity contribution in [2.75, 3.05) is 0 Å². The van der Waals surface area contributed by atoms with Gasteiger partial charge in [0, 0.05) is 5.41 Å². The summed E-state index contributed by atoms with van der Waals surface area (Å²) in [5.41, 5.74) is 2.82. The molecule has 1 saturated carbocycles. The highest BCUT2D eigenvalue weighted by atomic mass is 16.1. The summed E-state index contributed by atoms with van der Waals surface area (Å²) in [6.07, 6.45) is 9.89. The van der Waals surface area contributed by atoms with Crippen LogP contribution in [0.2, 0.25) is 0 Å². The molecule has 0 bridgehead atoms. The molecule has 2 aliphatic carbocycles. The average molecular weight is 300 g/mol. The van der Waals surface area contributed by atoms with E-state index in [0.29, 0.717) is 11.8 Å². The first kappa shape index (κ1) is 14.2. The van der Waals surface area contributed by atoms with Crippen LogP contribution in [-0.2, 0) is 4.79 Å². The molecule has 1 spiro atoms. The van der Waals surface area contributed by atoms with Gasteiger partial charge < -0.3 is 0 Å². The molecule has 2 atom stereocenters. The largest absolute Gasteiger partial charge is 0.290 e. The topological polar surface area (TPSA) is 17.1 Å². The molecule has 0 radical (unpaired) electrons. The summed E-state index contributed by atoms with van der Waals surface area (Å²) in [5, 5.41) is 0. The van der Waals surface area contributed by atoms with Crippen molar-refractivity contribution in [2.24, 2.45) is 5.41 Å². The van der Waals surface area contributed by atoms with Gasteiger partial charge in [-0.1, -0.05) is 72.8 Å². The molecule has 114 valence electrons. The lowest BCUT2D eigenvalue weighted by Gasteiger charge is -2.23. The van der Waals surface area contributed by atoms with Crippen LogP contribution in [0.5, 0.6) is 0 Å². The van der Waals surface area contributed by atoms with Crippen LogP contribution < -0.4 is 0 Å². The zero-order chi connectivity index (χ0) is 15.7. The van der Waals surface area contributed by atoms with Crippen molar-refractivity contribution in [1.82, 2.24) is 0 Å². The number of allylic oxidation sites excluding steroid dienone is 4. The zero-order valence-corrected chi connectivity index (χ0v) is 13.1. The van der Waals surface area contributed by atoms with Gasteiger partial charge in [0.05, 0.1) is 0 Å². The molecule has 0 N–H and O–H groups in total. The molecule has 1 heteroatoms. The number of rotatable bonds is 2. The predicted octanol–water partition coefficient (Wildman–Crippen LogP) is 5.03. The monoisotopic (exact) mass is 300 g/mol. The molecule has 2 unspecified atom stereocenters. The Hall–Kier alpha value is -2.41. The molecular weight excluding hydrogens is 280 g/mol. The molecule has 23 heavy (non-hydrogen) atoms. The second kappa shape index (κ2) is 5.66. The maximum atomic E-state index is 11.5. The van der Waals surface area contributed by atoms with Crippen LogP contribution >= 0.6 is 0 Å². The fourth-order valence-corrected chi connectivity index (χ4v) is 4.17. The van der Waals surface area contributed by atoms with E-state index in [1.165, 1.54) is 11.1 Å². The van der Waals surface area contributed by atoms with Gasteiger partial charge in [0.15, 0.2) is 5.78 Å². The number of benzene rings is 2. The minimum absolute atomic E-state index is 0.0227. The van der Waals surface area contributed by atoms with Crippen LogP contribution in [0.25, 0.3) is 0 Å². The summed E-state index contributed by atoms with van der Waals surface area (Å²) in [6.45, 7) is 0. The number of ketones is 1. The molecule has 0 amide bonds. The summed E-state index contributed by atoms with van der Waals surface area (Å²) in [6, 6.07) is 21.6. The van der Waals surface area contributed by atoms with E-state index in [9.17, 15) is 4.79 Å². The Morgan fingerprint density at radius 1 is 0.696 bits per heavy atom. The first-order chi connectivity index (χ1) is 11.3. The Kier molecular flexibility index (Phi) is 3.49. The maximum Gasteiger partial charge on any atom is 0.178 e. The second-order valence-electron chi connectivity index (χ2n) is 6.74. The third-order valence-corrected chi connectivity index (χ3v) is 5.30. The lowest BCUT2D eigenvalue weighted by molar-refractivity contribution is -0.110.